The standard InChI is InChI=1S/C6H8N2O3.C4H5ClO3.C2H6N2O/c1-3-10-6(9)5-7-4(2)8-11-5;1-2-8-4(7)3(5)6;1-2(3)4-5/h3H2,1-2H3;2H2,1H3;5H,1H3,(H2,3,4). The molecule has 0 aliphatic heterocycles. The molecule has 24 heavy (non-hydrogen) atoms. The molecule has 0 amide bonds. The Labute approximate surface area is 142 Å². The zero-order valence-corrected chi connectivity index (χ0v) is 14.4. The van der Waals surface area contributed by atoms with Crippen LogP contribution < -0.4 is 5.73 Å². The lowest BCUT2D eigenvalue weighted by Crippen LogP contribution is -2.10. The molecule has 0 saturated carbocycles. The van der Waals surface area contributed by atoms with Crippen LogP contribution in [0, 0.1) is 6.92 Å². The van der Waals surface area contributed by atoms with Gasteiger partial charge in [-0.2, -0.15) is 4.98 Å². The predicted octanol–water partition coefficient (Wildman–Crippen LogP) is 0.622. The minimum atomic E-state index is -1.08. The summed E-state index contributed by atoms with van der Waals surface area (Å²) in [5.74, 6) is -1.05. The molecule has 12 heteroatoms. The smallest absolute Gasteiger partial charge is 0.397 e. The van der Waals surface area contributed by atoms with Crippen LogP contribution in [0.4, 0.5) is 0 Å². The molecular formula is C12H19ClN4O7. The van der Waals surface area contributed by atoms with Crippen molar-refractivity contribution in [2.24, 2.45) is 10.9 Å². The number of nitrogens with two attached hydrogens (primary N) is 1. The lowest BCUT2D eigenvalue weighted by Gasteiger charge is -1.92. The number of esters is 2. The Morgan fingerprint density at radius 1 is 1.29 bits per heavy atom. The van der Waals surface area contributed by atoms with E-state index in [2.05, 4.69) is 29.3 Å². The van der Waals surface area contributed by atoms with E-state index in [4.69, 9.17) is 22.5 Å². The van der Waals surface area contributed by atoms with E-state index in [1.54, 1.807) is 20.8 Å². The van der Waals surface area contributed by atoms with Gasteiger partial charge in [0.25, 0.3) is 0 Å². The van der Waals surface area contributed by atoms with Gasteiger partial charge in [0.1, 0.15) is 5.84 Å². The monoisotopic (exact) mass is 366 g/mol. The van der Waals surface area contributed by atoms with Crippen molar-refractivity contribution in [2.75, 3.05) is 13.2 Å². The maximum Gasteiger partial charge on any atom is 0.397 e. The third-order valence-corrected chi connectivity index (χ3v) is 1.73. The lowest BCUT2D eigenvalue weighted by molar-refractivity contribution is -0.149. The van der Waals surface area contributed by atoms with E-state index >= 15 is 0 Å². The summed E-state index contributed by atoms with van der Waals surface area (Å²) in [7, 11) is 0. The maximum absolute atomic E-state index is 10.8. The molecule has 11 nitrogen and oxygen atoms in total. The summed E-state index contributed by atoms with van der Waals surface area (Å²) >= 11 is 4.69. The van der Waals surface area contributed by atoms with Crippen molar-refractivity contribution < 1.29 is 33.6 Å². The molecule has 0 aromatic carbocycles. The highest BCUT2D eigenvalue weighted by atomic mass is 35.5. The van der Waals surface area contributed by atoms with Crippen LogP contribution in [0.1, 0.15) is 37.3 Å². The summed E-state index contributed by atoms with van der Waals surface area (Å²) in [6, 6.07) is 0. The van der Waals surface area contributed by atoms with Crippen LogP contribution in [0.15, 0.2) is 9.68 Å². The molecule has 3 N–H and O–H groups in total. The zero-order valence-electron chi connectivity index (χ0n) is 13.6. The molecule has 0 fully saturated rings. The van der Waals surface area contributed by atoms with E-state index in [0.717, 1.165) is 0 Å². The average Bonchev–Trinajstić information content (AvgIpc) is 2.95. The van der Waals surface area contributed by atoms with Gasteiger partial charge in [-0.15, -0.1) is 0 Å². The van der Waals surface area contributed by atoms with Gasteiger partial charge < -0.3 is 24.9 Å². The van der Waals surface area contributed by atoms with Crippen LogP contribution in [-0.4, -0.2) is 51.6 Å². The van der Waals surface area contributed by atoms with E-state index in [-0.39, 0.29) is 18.3 Å². The van der Waals surface area contributed by atoms with Crippen LogP contribution in [0.25, 0.3) is 0 Å². The second-order valence-electron chi connectivity index (χ2n) is 3.60. The van der Waals surface area contributed by atoms with Crippen molar-refractivity contribution in [1.29, 1.82) is 0 Å². The van der Waals surface area contributed by atoms with Gasteiger partial charge in [0.05, 0.1) is 13.2 Å². The number of ether oxygens (including phenoxy) is 2. The Balaban J connectivity index is 0. The highest BCUT2D eigenvalue weighted by molar-refractivity contribution is 6.80. The predicted molar refractivity (Wildman–Crippen MR) is 81.6 cm³/mol. The fourth-order valence-electron chi connectivity index (χ4n) is 0.761. The molecule has 0 unspecified atom stereocenters. The Bertz CT molecular complexity index is 555. The van der Waals surface area contributed by atoms with Crippen molar-refractivity contribution >= 4 is 34.6 Å². The molecule has 1 aromatic heterocycles. The molecule has 1 aromatic rings. The van der Waals surface area contributed by atoms with Gasteiger partial charge in [-0.05, 0) is 39.3 Å². The quantitative estimate of drug-likeness (QED) is 0.146. The molecule has 1 rings (SSSR count). The van der Waals surface area contributed by atoms with Crippen molar-refractivity contribution in [3.05, 3.63) is 11.7 Å². The van der Waals surface area contributed by atoms with Gasteiger partial charge >= 0.3 is 23.1 Å². The number of halogens is 1. The fraction of sp³-hybridized carbons (Fsp3) is 0.500. The first-order valence-corrected chi connectivity index (χ1v) is 6.85. The molecule has 0 radical (unpaired) electrons. The maximum atomic E-state index is 10.8. The number of aryl methyl sites for hydroxylation is 1. The number of aromatic nitrogens is 2. The zero-order chi connectivity index (χ0) is 19.1. The number of hydrogen-bond acceptors (Lipinski definition) is 10. The van der Waals surface area contributed by atoms with Crippen molar-refractivity contribution in [3.8, 4) is 0 Å². The van der Waals surface area contributed by atoms with Gasteiger partial charge in [0.2, 0.25) is 0 Å². The molecule has 1 heterocycles. The summed E-state index contributed by atoms with van der Waals surface area (Å²) in [5, 5.41) is 12.5. The van der Waals surface area contributed by atoms with Crippen LogP contribution in [-0.2, 0) is 19.1 Å². The van der Waals surface area contributed by atoms with Crippen molar-refractivity contribution in [2.45, 2.75) is 27.7 Å². The molecule has 136 valence electrons. The highest BCUT2D eigenvalue weighted by Crippen LogP contribution is 1.97. The second-order valence-corrected chi connectivity index (χ2v) is 3.95. The number of nitrogens with zero attached hydrogens (tertiary/aromatic N) is 3. The van der Waals surface area contributed by atoms with Gasteiger partial charge in [0, 0.05) is 0 Å². The Morgan fingerprint density at radius 3 is 2.04 bits per heavy atom. The van der Waals surface area contributed by atoms with Crippen LogP contribution in [0.3, 0.4) is 0 Å². The van der Waals surface area contributed by atoms with Crippen LogP contribution in [0.5, 0.6) is 0 Å². The van der Waals surface area contributed by atoms with E-state index < -0.39 is 17.2 Å². The van der Waals surface area contributed by atoms with E-state index in [1.807, 2.05) is 0 Å². The Hall–Kier alpha value is -2.69. The van der Waals surface area contributed by atoms with Crippen molar-refractivity contribution in [3.63, 3.8) is 0 Å². The molecule has 0 saturated heterocycles. The minimum absolute atomic E-state index is 0.0932. The molecule has 0 atom stereocenters. The van der Waals surface area contributed by atoms with E-state index in [0.29, 0.717) is 12.4 Å². The fourth-order valence-corrected chi connectivity index (χ4v) is 0.815. The first-order chi connectivity index (χ1) is 11.2. The summed E-state index contributed by atoms with van der Waals surface area (Å²) in [6.45, 7) is 6.92. The summed E-state index contributed by atoms with van der Waals surface area (Å²) in [5.41, 5.74) is 4.79. The normalized spacial score (nSPS) is 9.62. The Morgan fingerprint density at radius 2 is 1.79 bits per heavy atom. The van der Waals surface area contributed by atoms with Crippen molar-refractivity contribution in [1.82, 2.24) is 10.1 Å². The number of oxime groups is 1. The minimum Gasteiger partial charge on any atom is -0.459 e. The number of carbonyl (C=O) groups is 3. The van der Waals surface area contributed by atoms with E-state index in [9.17, 15) is 14.4 Å². The third kappa shape index (κ3) is 13.0. The lowest BCUT2D eigenvalue weighted by atomic mass is 10.6. The van der Waals surface area contributed by atoms with Gasteiger partial charge in [-0.25, -0.2) is 9.59 Å². The number of hydrogen-bond donors (Lipinski definition) is 2. The summed E-state index contributed by atoms with van der Waals surface area (Å²) in [6.07, 6.45) is 0. The van der Waals surface area contributed by atoms with Crippen LogP contribution in [0.2, 0.25) is 0 Å². The molecule has 0 spiro atoms. The number of rotatable bonds is 4. The number of amidine groups is 1. The second kappa shape index (κ2) is 13.9. The van der Waals surface area contributed by atoms with Crippen LogP contribution >= 0.6 is 11.6 Å². The molecule has 0 bridgehead atoms. The molecular weight excluding hydrogens is 348 g/mol. The summed E-state index contributed by atoms with van der Waals surface area (Å²) in [4.78, 5) is 34.4. The van der Waals surface area contributed by atoms with Gasteiger partial charge in [0.15, 0.2) is 5.82 Å². The topological polar surface area (TPSA) is 167 Å². The summed E-state index contributed by atoms with van der Waals surface area (Å²) < 4.78 is 13.3. The van der Waals surface area contributed by atoms with Gasteiger partial charge in [-0.1, -0.05) is 10.3 Å². The van der Waals surface area contributed by atoms with Gasteiger partial charge in [-0.3, -0.25) is 4.79 Å². The molecule has 0 aliphatic rings. The average molecular weight is 367 g/mol. The molecule has 0 aliphatic carbocycles. The largest absolute Gasteiger partial charge is 0.459 e. The third-order valence-electron chi connectivity index (χ3n) is 1.57. The SMILES string of the molecule is C/C(N)=N/O.CCOC(=O)C(=O)Cl.CCOC(=O)c1nc(C)no1. The highest BCUT2D eigenvalue weighted by Gasteiger charge is 2.13. The van der Waals surface area contributed by atoms with E-state index in [1.165, 1.54) is 6.92 Å². The first kappa shape index (κ1) is 23.6. The number of carbonyl (C=O) groups excluding carboxylic acids is 3. The Kier molecular flexibility index (Phi) is 13.7. The first-order valence-electron chi connectivity index (χ1n) is 6.47.